The molecular formula is C18H34N4O2. The molecule has 6 heteroatoms. The number of ether oxygens (including phenoxy) is 1. The summed E-state index contributed by atoms with van der Waals surface area (Å²) in [5.74, 6) is 0.148. The molecule has 0 saturated carbocycles. The quantitative estimate of drug-likeness (QED) is 0.561. The summed E-state index contributed by atoms with van der Waals surface area (Å²) in [6.45, 7) is 9.77. The molecule has 0 aliphatic heterocycles. The van der Waals surface area contributed by atoms with Gasteiger partial charge in [-0.1, -0.05) is 11.6 Å². The van der Waals surface area contributed by atoms with Crippen molar-refractivity contribution in [1.29, 1.82) is 0 Å². The van der Waals surface area contributed by atoms with Crippen LogP contribution in [0.1, 0.15) is 71.9 Å². The van der Waals surface area contributed by atoms with Gasteiger partial charge in [0.15, 0.2) is 0 Å². The molecule has 0 bridgehead atoms. The normalized spacial score (nSPS) is 11.4. The first-order valence-corrected chi connectivity index (χ1v) is 9.27. The summed E-state index contributed by atoms with van der Waals surface area (Å²) in [4.78, 5) is 11.5. The van der Waals surface area contributed by atoms with E-state index in [1.54, 1.807) is 0 Å². The van der Waals surface area contributed by atoms with Crippen molar-refractivity contribution in [1.82, 2.24) is 20.3 Å². The molecule has 0 unspecified atom stereocenters. The summed E-state index contributed by atoms with van der Waals surface area (Å²) >= 11 is 0. The van der Waals surface area contributed by atoms with Crippen LogP contribution in [0, 0.1) is 0 Å². The van der Waals surface area contributed by atoms with E-state index in [0.29, 0.717) is 12.5 Å². The number of carbonyl (C=O) groups excluding carboxylic acids is 1. The van der Waals surface area contributed by atoms with Gasteiger partial charge in [-0.05, 0) is 59.8 Å². The molecule has 0 atom stereocenters. The molecule has 1 aromatic rings. The molecule has 1 N–H and O–H groups in total. The van der Waals surface area contributed by atoms with Crippen LogP contribution in [0.4, 0.5) is 0 Å². The fourth-order valence-corrected chi connectivity index (χ4v) is 2.42. The lowest BCUT2D eigenvalue weighted by Crippen LogP contribution is -2.29. The molecule has 0 aromatic carbocycles. The lowest BCUT2D eigenvalue weighted by molar-refractivity contribution is -0.121. The number of unbranched alkanes of at least 4 members (excludes halogenated alkanes) is 3. The number of aromatic nitrogens is 3. The van der Waals surface area contributed by atoms with Gasteiger partial charge in [-0.2, -0.15) is 0 Å². The Balaban J connectivity index is 2.06. The summed E-state index contributed by atoms with van der Waals surface area (Å²) in [6.07, 6.45) is 9.04. The van der Waals surface area contributed by atoms with Crippen molar-refractivity contribution in [3.63, 3.8) is 0 Å². The minimum Gasteiger partial charge on any atom is -0.379 e. The lowest BCUT2D eigenvalue weighted by atomic mass is 10.2. The molecule has 0 aliphatic carbocycles. The van der Waals surface area contributed by atoms with Crippen molar-refractivity contribution in [3.8, 4) is 0 Å². The summed E-state index contributed by atoms with van der Waals surface area (Å²) in [5.41, 5.74) is 1.05. The van der Waals surface area contributed by atoms with Gasteiger partial charge in [0.25, 0.3) is 0 Å². The molecule has 0 spiro atoms. The van der Waals surface area contributed by atoms with Crippen molar-refractivity contribution in [2.45, 2.75) is 91.3 Å². The van der Waals surface area contributed by atoms with Crippen LogP contribution in [0.25, 0.3) is 0 Å². The number of hydrogen-bond acceptors (Lipinski definition) is 4. The summed E-state index contributed by atoms with van der Waals surface area (Å²) < 4.78 is 7.44. The maximum absolute atomic E-state index is 11.5. The van der Waals surface area contributed by atoms with E-state index in [2.05, 4.69) is 29.5 Å². The standard InChI is InChI=1S/C18H34N4O2/c1-15(2)19-18(23)11-6-5-8-12-22-14-17(20-21-22)10-7-9-13-24-16(3)4/h14-16H,5-13H2,1-4H3,(H,19,23). The van der Waals surface area contributed by atoms with E-state index in [1.165, 1.54) is 0 Å². The second-order valence-corrected chi connectivity index (χ2v) is 6.88. The molecule has 0 saturated heterocycles. The van der Waals surface area contributed by atoms with Gasteiger partial charge < -0.3 is 10.1 Å². The molecular weight excluding hydrogens is 304 g/mol. The van der Waals surface area contributed by atoms with Crippen molar-refractivity contribution < 1.29 is 9.53 Å². The molecule has 1 amide bonds. The maximum atomic E-state index is 11.5. The van der Waals surface area contributed by atoms with Gasteiger partial charge in [0.1, 0.15) is 0 Å². The Morgan fingerprint density at radius 1 is 1.17 bits per heavy atom. The van der Waals surface area contributed by atoms with E-state index < -0.39 is 0 Å². The zero-order valence-corrected chi connectivity index (χ0v) is 15.8. The van der Waals surface area contributed by atoms with Gasteiger partial charge in [0, 0.05) is 31.8 Å². The number of nitrogens with one attached hydrogen (secondary N) is 1. The topological polar surface area (TPSA) is 69.0 Å². The number of amides is 1. The van der Waals surface area contributed by atoms with Crippen molar-refractivity contribution >= 4 is 5.91 Å². The van der Waals surface area contributed by atoms with Gasteiger partial charge in [-0.15, -0.1) is 5.10 Å². The lowest BCUT2D eigenvalue weighted by Gasteiger charge is -2.07. The Hall–Kier alpha value is -1.43. The average Bonchev–Trinajstić information content (AvgIpc) is 2.93. The molecule has 0 aliphatic rings. The predicted octanol–water partition coefficient (Wildman–Crippen LogP) is 3.11. The fraction of sp³-hybridized carbons (Fsp3) is 0.833. The van der Waals surface area contributed by atoms with Crippen LogP contribution >= 0.6 is 0 Å². The van der Waals surface area contributed by atoms with Crippen LogP contribution in [-0.2, 0) is 22.5 Å². The first kappa shape index (κ1) is 20.6. The van der Waals surface area contributed by atoms with E-state index in [4.69, 9.17) is 4.74 Å². The summed E-state index contributed by atoms with van der Waals surface area (Å²) in [6, 6.07) is 0.225. The Labute approximate surface area is 146 Å². The molecule has 138 valence electrons. The number of carbonyl (C=O) groups is 1. The fourth-order valence-electron chi connectivity index (χ4n) is 2.42. The van der Waals surface area contributed by atoms with E-state index in [-0.39, 0.29) is 11.9 Å². The largest absolute Gasteiger partial charge is 0.379 e. The summed E-state index contributed by atoms with van der Waals surface area (Å²) in [5, 5.41) is 11.3. The molecule has 1 rings (SSSR count). The minimum absolute atomic E-state index is 0.148. The summed E-state index contributed by atoms with van der Waals surface area (Å²) in [7, 11) is 0. The highest BCUT2D eigenvalue weighted by molar-refractivity contribution is 5.76. The second-order valence-electron chi connectivity index (χ2n) is 6.88. The van der Waals surface area contributed by atoms with Crippen molar-refractivity contribution in [2.24, 2.45) is 0 Å². The van der Waals surface area contributed by atoms with Gasteiger partial charge in [0.2, 0.25) is 5.91 Å². The van der Waals surface area contributed by atoms with E-state index in [0.717, 1.165) is 57.4 Å². The minimum atomic E-state index is 0.148. The van der Waals surface area contributed by atoms with Crippen LogP contribution < -0.4 is 5.32 Å². The first-order chi connectivity index (χ1) is 11.5. The number of rotatable bonds is 13. The third kappa shape index (κ3) is 10.4. The zero-order valence-electron chi connectivity index (χ0n) is 15.8. The Morgan fingerprint density at radius 3 is 2.67 bits per heavy atom. The van der Waals surface area contributed by atoms with Crippen molar-refractivity contribution in [3.05, 3.63) is 11.9 Å². The Kier molecular flexibility index (Phi) is 10.3. The molecule has 0 fully saturated rings. The SMILES string of the molecule is CC(C)NC(=O)CCCCCn1cc(CCCCOC(C)C)nn1. The highest BCUT2D eigenvalue weighted by Crippen LogP contribution is 2.05. The van der Waals surface area contributed by atoms with E-state index in [9.17, 15) is 4.79 Å². The molecule has 1 aromatic heterocycles. The maximum Gasteiger partial charge on any atom is 0.220 e. The third-order valence-corrected chi connectivity index (χ3v) is 3.61. The van der Waals surface area contributed by atoms with Gasteiger partial charge >= 0.3 is 0 Å². The highest BCUT2D eigenvalue weighted by Gasteiger charge is 2.04. The van der Waals surface area contributed by atoms with Gasteiger partial charge in [-0.25, -0.2) is 0 Å². The van der Waals surface area contributed by atoms with Gasteiger partial charge in [-0.3, -0.25) is 9.48 Å². The second kappa shape index (κ2) is 12.0. The van der Waals surface area contributed by atoms with Crippen LogP contribution in [0.15, 0.2) is 6.20 Å². The molecule has 6 nitrogen and oxygen atoms in total. The predicted molar refractivity (Wildman–Crippen MR) is 95.8 cm³/mol. The monoisotopic (exact) mass is 338 g/mol. The molecule has 1 heterocycles. The Bertz CT molecular complexity index is 458. The van der Waals surface area contributed by atoms with Crippen LogP contribution in [-0.4, -0.2) is 39.7 Å². The number of hydrogen-bond donors (Lipinski definition) is 1. The number of aryl methyl sites for hydroxylation is 2. The third-order valence-electron chi connectivity index (χ3n) is 3.61. The smallest absolute Gasteiger partial charge is 0.220 e. The Morgan fingerprint density at radius 2 is 1.96 bits per heavy atom. The first-order valence-electron chi connectivity index (χ1n) is 9.27. The zero-order chi connectivity index (χ0) is 17.8. The van der Waals surface area contributed by atoms with Gasteiger partial charge in [0.05, 0.1) is 11.8 Å². The van der Waals surface area contributed by atoms with Crippen LogP contribution in [0.2, 0.25) is 0 Å². The van der Waals surface area contributed by atoms with E-state index >= 15 is 0 Å². The highest BCUT2D eigenvalue weighted by atomic mass is 16.5. The van der Waals surface area contributed by atoms with Crippen LogP contribution in [0.5, 0.6) is 0 Å². The van der Waals surface area contributed by atoms with E-state index in [1.807, 2.05) is 24.7 Å². The molecule has 24 heavy (non-hydrogen) atoms. The average molecular weight is 338 g/mol. The van der Waals surface area contributed by atoms with Crippen molar-refractivity contribution in [2.75, 3.05) is 6.61 Å². The number of nitrogens with zero attached hydrogens (tertiary/aromatic N) is 3. The molecule has 0 radical (unpaired) electrons. The van der Waals surface area contributed by atoms with Crippen LogP contribution in [0.3, 0.4) is 0 Å².